The van der Waals surface area contributed by atoms with Gasteiger partial charge >= 0.3 is 0 Å². The van der Waals surface area contributed by atoms with E-state index in [1.807, 2.05) is 65.6 Å². The van der Waals surface area contributed by atoms with Crippen molar-refractivity contribution >= 4 is 11.6 Å². The minimum atomic E-state index is -0.0144. The average molecular weight is 343 g/mol. The van der Waals surface area contributed by atoms with Gasteiger partial charge in [0.1, 0.15) is 5.75 Å². The summed E-state index contributed by atoms with van der Waals surface area (Å²) in [6.07, 6.45) is 0.510. The third-order valence-corrected chi connectivity index (χ3v) is 5.04. The van der Waals surface area contributed by atoms with Gasteiger partial charge < -0.3 is 9.64 Å². The number of nitrogens with zero attached hydrogens (tertiary/aromatic N) is 1. The summed E-state index contributed by atoms with van der Waals surface area (Å²) in [7, 11) is 1.65. The second kappa shape index (κ2) is 7.04. The van der Waals surface area contributed by atoms with Gasteiger partial charge in [0.25, 0.3) is 0 Å². The molecular formula is C23H21NO2. The van der Waals surface area contributed by atoms with Crippen LogP contribution in [0.5, 0.6) is 5.75 Å². The minimum Gasteiger partial charge on any atom is -0.497 e. The summed E-state index contributed by atoms with van der Waals surface area (Å²) < 4.78 is 5.26. The second-order valence-electron chi connectivity index (χ2n) is 6.54. The summed E-state index contributed by atoms with van der Waals surface area (Å²) in [5, 5.41) is 0. The Hall–Kier alpha value is -3.07. The maximum Gasteiger partial charge on any atom is 0.228 e. The van der Waals surface area contributed by atoms with Crippen LogP contribution in [0, 0.1) is 0 Å². The molecule has 0 aliphatic carbocycles. The largest absolute Gasteiger partial charge is 0.497 e. The number of carbonyl (C=O) groups is 1. The second-order valence-corrected chi connectivity index (χ2v) is 6.54. The lowest BCUT2D eigenvalue weighted by atomic mass is 9.87. The Kier molecular flexibility index (Phi) is 4.44. The highest BCUT2D eigenvalue weighted by Gasteiger charge is 2.42. The molecule has 0 N–H and O–H groups in total. The standard InChI is InChI=1S/C23H21NO2/c1-26-20-14-12-19(13-15-20)24-22(25)16-21(17-8-4-2-5-9-17)23(24)18-10-6-3-7-11-18/h2-15,21,23H,16H2,1H3/t21-,23+/m0/s1. The van der Waals surface area contributed by atoms with Crippen molar-refractivity contribution in [1.82, 2.24) is 0 Å². The number of benzene rings is 3. The zero-order valence-electron chi connectivity index (χ0n) is 14.7. The Bertz CT molecular complexity index is 875. The average Bonchev–Trinajstić information content (AvgIpc) is 3.06. The van der Waals surface area contributed by atoms with E-state index in [9.17, 15) is 4.79 Å². The number of hydrogen-bond donors (Lipinski definition) is 0. The van der Waals surface area contributed by atoms with Crippen molar-refractivity contribution in [3.05, 3.63) is 96.1 Å². The fourth-order valence-electron chi connectivity index (χ4n) is 3.81. The number of hydrogen-bond acceptors (Lipinski definition) is 2. The zero-order valence-corrected chi connectivity index (χ0v) is 14.7. The van der Waals surface area contributed by atoms with Crippen LogP contribution >= 0.6 is 0 Å². The summed E-state index contributed by atoms with van der Waals surface area (Å²) >= 11 is 0. The van der Waals surface area contributed by atoms with Crippen LogP contribution in [-0.4, -0.2) is 13.0 Å². The molecule has 1 fully saturated rings. The lowest BCUT2D eigenvalue weighted by molar-refractivity contribution is -0.117. The van der Waals surface area contributed by atoms with Crippen molar-refractivity contribution in [2.75, 3.05) is 12.0 Å². The molecular weight excluding hydrogens is 322 g/mol. The van der Waals surface area contributed by atoms with Gasteiger partial charge in [-0.05, 0) is 35.4 Å². The molecule has 0 unspecified atom stereocenters. The van der Waals surface area contributed by atoms with E-state index < -0.39 is 0 Å². The van der Waals surface area contributed by atoms with E-state index in [1.54, 1.807) is 7.11 Å². The van der Waals surface area contributed by atoms with E-state index in [-0.39, 0.29) is 17.9 Å². The Morgan fingerprint density at radius 2 is 1.38 bits per heavy atom. The molecule has 3 aromatic rings. The molecule has 0 spiro atoms. The quantitative estimate of drug-likeness (QED) is 0.670. The van der Waals surface area contributed by atoms with Crippen LogP contribution in [0.3, 0.4) is 0 Å². The van der Waals surface area contributed by atoms with Crippen LogP contribution in [0.15, 0.2) is 84.9 Å². The highest BCUT2D eigenvalue weighted by Crippen LogP contribution is 2.46. The van der Waals surface area contributed by atoms with Gasteiger partial charge in [0, 0.05) is 18.0 Å². The summed E-state index contributed by atoms with van der Waals surface area (Å²) in [6, 6.07) is 28.3. The van der Waals surface area contributed by atoms with E-state index in [1.165, 1.54) is 5.56 Å². The number of rotatable bonds is 4. The minimum absolute atomic E-state index is 0.0144. The molecule has 1 amide bonds. The first-order chi connectivity index (χ1) is 12.8. The fourth-order valence-corrected chi connectivity index (χ4v) is 3.81. The maximum atomic E-state index is 13.0. The number of amides is 1. The van der Waals surface area contributed by atoms with Crippen LogP contribution in [0.4, 0.5) is 5.69 Å². The molecule has 0 radical (unpaired) electrons. The van der Waals surface area contributed by atoms with Gasteiger partial charge in [-0.15, -0.1) is 0 Å². The highest BCUT2D eigenvalue weighted by atomic mass is 16.5. The molecule has 1 heterocycles. The molecule has 1 saturated heterocycles. The van der Waals surface area contributed by atoms with Crippen LogP contribution in [0.25, 0.3) is 0 Å². The first kappa shape index (κ1) is 16.4. The third kappa shape index (κ3) is 2.97. The van der Waals surface area contributed by atoms with Crippen molar-refractivity contribution in [1.29, 1.82) is 0 Å². The predicted molar refractivity (Wildman–Crippen MR) is 103 cm³/mol. The molecule has 3 heteroatoms. The molecule has 2 atom stereocenters. The highest BCUT2D eigenvalue weighted by molar-refractivity contribution is 5.97. The lowest BCUT2D eigenvalue weighted by Crippen LogP contribution is -2.28. The molecule has 1 aliphatic rings. The Morgan fingerprint density at radius 1 is 0.808 bits per heavy atom. The van der Waals surface area contributed by atoms with Gasteiger partial charge in [0.2, 0.25) is 5.91 Å². The summed E-state index contributed by atoms with van der Waals surface area (Å²) in [5.41, 5.74) is 3.26. The van der Waals surface area contributed by atoms with Gasteiger partial charge in [-0.1, -0.05) is 60.7 Å². The monoisotopic (exact) mass is 343 g/mol. The Labute approximate surface area is 153 Å². The van der Waals surface area contributed by atoms with Gasteiger partial charge in [0.15, 0.2) is 0 Å². The van der Waals surface area contributed by atoms with E-state index in [4.69, 9.17) is 4.74 Å². The number of methoxy groups -OCH3 is 1. The molecule has 3 nitrogen and oxygen atoms in total. The van der Waals surface area contributed by atoms with Crippen LogP contribution < -0.4 is 9.64 Å². The van der Waals surface area contributed by atoms with Gasteiger partial charge in [-0.25, -0.2) is 0 Å². The molecule has 0 bridgehead atoms. The Morgan fingerprint density at radius 3 is 1.96 bits per heavy atom. The maximum absolute atomic E-state index is 13.0. The van der Waals surface area contributed by atoms with Crippen molar-refractivity contribution in [2.45, 2.75) is 18.4 Å². The van der Waals surface area contributed by atoms with Crippen LogP contribution in [0.1, 0.15) is 29.5 Å². The van der Waals surface area contributed by atoms with Gasteiger partial charge in [0.05, 0.1) is 13.2 Å². The molecule has 0 aromatic heterocycles. The summed E-state index contributed by atoms with van der Waals surface area (Å²) in [4.78, 5) is 14.9. The molecule has 3 aromatic carbocycles. The lowest BCUT2D eigenvalue weighted by Gasteiger charge is -2.29. The van der Waals surface area contributed by atoms with Crippen molar-refractivity contribution in [2.24, 2.45) is 0 Å². The third-order valence-electron chi connectivity index (χ3n) is 5.04. The summed E-state index contributed by atoms with van der Waals surface area (Å²) in [6.45, 7) is 0. The SMILES string of the molecule is COc1ccc(N2C(=O)C[C@@H](c3ccccc3)[C@H]2c2ccccc2)cc1. The smallest absolute Gasteiger partial charge is 0.228 e. The topological polar surface area (TPSA) is 29.5 Å². The van der Waals surface area contributed by atoms with Gasteiger partial charge in [-0.2, -0.15) is 0 Å². The molecule has 0 saturated carbocycles. The van der Waals surface area contributed by atoms with Crippen molar-refractivity contribution in [3.8, 4) is 5.75 Å². The van der Waals surface area contributed by atoms with E-state index in [0.717, 1.165) is 17.0 Å². The Balaban J connectivity index is 1.79. The zero-order chi connectivity index (χ0) is 17.9. The molecule has 130 valence electrons. The van der Waals surface area contributed by atoms with E-state index in [2.05, 4.69) is 24.3 Å². The van der Waals surface area contributed by atoms with Crippen molar-refractivity contribution < 1.29 is 9.53 Å². The predicted octanol–water partition coefficient (Wildman–Crippen LogP) is 4.96. The normalized spacial score (nSPS) is 19.6. The molecule has 26 heavy (non-hydrogen) atoms. The first-order valence-corrected chi connectivity index (χ1v) is 8.84. The van der Waals surface area contributed by atoms with Gasteiger partial charge in [-0.3, -0.25) is 4.79 Å². The first-order valence-electron chi connectivity index (χ1n) is 8.84. The van der Waals surface area contributed by atoms with Crippen LogP contribution in [0.2, 0.25) is 0 Å². The van der Waals surface area contributed by atoms with E-state index >= 15 is 0 Å². The van der Waals surface area contributed by atoms with E-state index in [0.29, 0.717) is 6.42 Å². The fraction of sp³-hybridized carbons (Fsp3) is 0.174. The molecule has 4 rings (SSSR count). The van der Waals surface area contributed by atoms with Crippen molar-refractivity contribution in [3.63, 3.8) is 0 Å². The molecule has 1 aliphatic heterocycles. The van der Waals surface area contributed by atoms with Crippen LogP contribution in [-0.2, 0) is 4.79 Å². The number of carbonyl (C=O) groups excluding carboxylic acids is 1. The number of ether oxygens (including phenoxy) is 1. The summed E-state index contributed by atoms with van der Waals surface area (Å²) in [5.74, 6) is 1.07. The number of anilines is 1.